The molecule has 1 saturated heterocycles. The Kier molecular flexibility index (Phi) is 37.1. The Balaban J connectivity index is 1.16. The molecule has 0 aliphatic carbocycles. The van der Waals surface area contributed by atoms with Gasteiger partial charge in [0.05, 0.1) is 60.7 Å². The number of amides is 7. The molecule has 0 unspecified atom stereocenters. The van der Waals surface area contributed by atoms with Gasteiger partial charge >= 0.3 is 5.97 Å². The van der Waals surface area contributed by atoms with Crippen LogP contribution < -0.4 is 37.1 Å². The summed E-state index contributed by atoms with van der Waals surface area (Å²) in [7, 11) is 0. The van der Waals surface area contributed by atoms with Gasteiger partial charge in [0.15, 0.2) is 29.0 Å². The second-order valence-corrected chi connectivity index (χ2v) is 31.0. The smallest absolute Gasteiger partial charge is 0.305 e. The average molecular weight is 1610 g/mol. The lowest BCUT2D eigenvalue weighted by Gasteiger charge is -2.33. The number of hydrogen-bond acceptors (Lipinski definition) is 21. The number of halogens is 1. The number of primary amides is 1. The molecule has 116 heavy (non-hydrogen) atoms. The maximum atomic E-state index is 15.6. The molecule has 0 radical (unpaired) electrons. The number of piperidine rings is 1. The van der Waals surface area contributed by atoms with Crippen LogP contribution in [-0.4, -0.2) is 197 Å². The molecule has 10 atom stereocenters. The Morgan fingerprint density at radius 3 is 2.01 bits per heavy atom. The van der Waals surface area contributed by atoms with Gasteiger partial charge in [-0.3, -0.25) is 62.3 Å². The van der Waals surface area contributed by atoms with Crippen molar-refractivity contribution in [1.29, 1.82) is 0 Å². The van der Waals surface area contributed by atoms with Crippen molar-refractivity contribution in [1.82, 2.24) is 52.1 Å². The van der Waals surface area contributed by atoms with E-state index in [1.807, 2.05) is 69.3 Å². The van der Waals surface area contributed by atoms with E-state index in [-0.39, 0.29) is 55.2 Å². The monoisotopic (exact) mass is 1610 g/mol. The molecule has 6 rings (SSSR count). The van der Waals surface area contributed by atoms with Crippen LogP contribution >= 0.6 is 0 Å². The SMILES string of the molecule is CCc1cc(OCCCCN=[N+]=[N-])ccc1-c1ccc(C[C@H](CC(=O)[C@H](CC(=O)O)NC(=O)[C@H](CO)CC(=O)[C@@H](NC(=O)[C@@](C)(CC(=O)[C@@H](NC(=O)CCC(=O)[C@H](Cc2nn[nH]n2)NC(=O)C(C)(C)CC(=O)CCCN2CCCCC2=O)[C@@H](C)O)Cc2ccccc2F)[C@@H](C)O)C(=O)N[C@@H](CCCc2cc(C)cc(C)c2)C(N)=O)cc1. The van der Waals surface area contributed by atoms with E-state index in [0.29, 0.717) is 82.5 Å². The molecule has 0 saturated carbocycles. The van der Waals surface area contributed by atoms with Gasteiger partial charge in [0, 0.05) is 88.3 Å². The van der Waals surface area contributed by atoms with Crippen molar-refractivity contribution in [3.05, 3.63) is 140 Å². The summed E-state index contributed by atoms with van der Waals surface area (Å²) in [6, 6.07) is 15.8. The first kappa shape index (κ1) is 93.8. The van der Waals surface area contributed by atoms with E-state index < -0.39 is 187 Å². The number of unbranched alkanes of at least 4 members (excludes halogenated alkanes) is 1. The molecule has 12 N–H and O–H groups in total. The van der Waals surface area contributed by atoms with Gasteiger partial charge in [-0.15, -0.1) is 10.2 Å². The van der Waals surface area contributed by atoms with Crippen LogP contribution in [0.3, 0.4) is 0 Å². The van der Waals surface area contributed by atoms with E-state index in [1.165, 1.54) is 39.0 Å². The Morgan fingerprint density at radius 2 is 1.38 bits per heavy atom. The molecule has 1 aliphatic heterocycles. The fourth-order valence-corrected chi connectivity index (χ4v) is 14.1. The van der Waals surface area contributed by atoms with Gasteiger partial charge in [0.25, 0.3) is 0 Å². The van der Waals surface area contributed by atoms with Crippen LogP contribution in [0.15, 0.2) is 90.0 Å². The van der Waals surface area contributed by atoms with Crippen LogP contribution in [0.2, 0.25) is 0 Å². The lowest BCUT2D eigenvalue weighted by Crippen LogP contribution is -2.55. The number of aromatic nitrogens is 4. The van der Waals surface area contributed by atoms with Crippen molar-refractivity contribution < 1.29 is 91.9 Å². The van der Waals surface area contributed by atoms with Gasteiger partial charge in [-0.1, -0.05) is 116 Å². The van der Waals surface area contributed by atoms with Crippen molar-refractivity contribution in [2.24, 2.45) is 33.5 Å². The number of carbonyl (C=O) groups is 13. The summed E-state index contributed by atoms with van der Waals surface area (Å²) >= 11 is 0. The number of nitrogens with two attached hydrogens (primary N) is 1. The van der Waals surface area contributed by atoms with E-state index in [1.54, 1.807) is 17.0 Å². The number of carboxylic acids is 1. The quantitative estimate of drug-likeness (QED) is 0.00908. The fourth-order valence-electron chi connectivity index (χ4n) is 14.1. The molecular weight excluding hydrogens is 1500 g/mol. The first-order chi connectivity index (χ1) is 55.0. The Bertz CT molecular complexity index is 4280. The van der Waals surface area contributed by atoms with Crippen LogP contribution in [0.4, 0.5) is 4.39 Å². The number of Topliss-reactive ketones (excluding diaryl/α,β-unsaturated/α-hetero) is 5. The molecule has 1 fully saturated rings. The highest BCUT2D eigenvalue weighted by Gasteiger charge is 2.43. The van der Waals surface area contributed by atoms with Crippen LogP contribution in [0, 0.1) is 42.3 Å². The second kappa shape index (κ2) is 45.9. The molecule has 1 aromatic heterocycles. The van der Waals surface area contributed by atoms with Gasteiger partial charge in [0.2, 0.25) is 41.4 Å². The summed E-state index contributed by atoms with van der Waals surface area (Å²) < 4.78 is 21.6. The number of aliphatic hydroxyl groups is 3. The summed E-state index contributed by atoms with van der Waals surface area (Å²) in [5.41, 5.74) is 17.1. The molecule has 1 aliphatic rings. The molecule has 7 amide bonds. The molecule has 32 nitrogen and oxygen atoms in total. The van der Waals surface area contributed by atoms with Gasteiger partial charge in [0.1, 0.15) is 35.5 Å². The van der Waals surface area contributed by atoms with E-state index in [2.05, 4.69) is 57.2 Å². The summed E-state index contributed by atoms with van der Waals surface area (Å²) in [6.07, 6.45) is -3.95. The number of tetrazole rings is 1. The Hall–Kier alpha value is -11.0. The van der Waals surface area contributed by atoms with Crippen molar-refractivity contribution >= 4 is 76.2 Å². The number of H-pyrrole nitrogens is 1. The third-order valence-corrected chi connectivity index (χ3v) is 20.6. The molecule has 4 aromatic carbocycles. The number of carboxylic acid groups (broad SMARTS) is 1. The minimum absolute atomic E-state index is 0.0129. The number of ketones is 5. The molecule has 5 aromatic rings. The molecule has 2 heterocycles. The van der Waals surface area contributed by atoms with E-state index in [0.717, 1.165) is 66.1 Å². The number of aliphatic carboxylic acids is 1. The number of rotatable bonds is 52. The molecule has 0 spiro atoms. The number of aliphatic hydroxyl groups excluding tert-OH is 3. The topological polar surface area (TPSA) is 505 Å². The standard InChI is InChI=1S/C83H111FN14O18/c1-9-55-40-61(116-35-15-13-32-87-95-86)28-29-62(55)56-26-24-53(25-27-56)39-58(78(112)88-64(77(85)111)22-16-18-54-37-49(2)36-50(3)38-54)41-68(104)66(44-74(109)110)89-79(113)59(48-99)42-69(105)75(51(4)100)92-81(115)83(8,45-57-19-10-11-21-63(57)84)47-70(106)76(52(5)101)91-72(107)31-30-67(103)65(43-71-93-96-97-94-71)90-80(114)82(6,7)46-60(102)20-17-34-98-33-14-12-23-73(98)108/h10-11,19,21,24-29,36-38,40,51-52,58-59,64-66,75-76,99-101H,9,12-18,20,22-23,30-35,39,41-48H2,1-8H3,(H2,85,111)(H,88,112)(H,89,113)(H,90,114)(H,91,107)(H,92,115)(H,109,110)(H,93,94,96,97)/t51-,52-,58-,59+,64+,65+,66+,75+,76+,83-/m1/s1. The Morgan fingerprint density at radius 1 is 0.707 bits per heavy atom. The third kappa shape index (κ3) is 30.0. The highest BCUT2D eigenvalue weighted by Crippen LogP contribution is 2.33. The average Bonchev–Trinajstić information content (AvgIpc) is 1.20. The maximum absolute atomic E-state index is 15.6. The molecule has 628 valence electrons. The van der Waals surface area contributed by atoms with Crippen LogP contribution in [0.5, 0.6) is 5.75 Å². The van der Waals surface area contributed by atoms with Gasteiger partial charge in [-0.05, 0) is 155 Å². The number of hydrogen-bond donors (Lipinski definition) is 11. The lowest BCUT2D eigenvalue weighted by atomic mass is 9.76. The van der Waals surface area contributed by atoms with Crippen LogP contribution in [0.25, 0.3) is 21.6 Å². The maximum Gasteiger partial charge on any atom is 0.305 e. The first-order valence-corrected chi connectivity index (χ1v) is 39.3. The van der Waals surface area contributed by atoms with Crippen LogP contribution in [-0.2, 0) is 94.4 Å². The lowest BCUT2D eigenvalue weighted by molar-refractivity contribution is -0.142. The van der Waals surface area contributed by atoms with E-state index in [9.17, 15) is 82.8 Å². The van der Waals surface area contributed by atoms with Gasteiger partial charge in [-0.2, -0.15) is 5.21 Å². The fraction of sp³-hybridized carbons (Fsp3) is 0.542. The number of ether oxygens (including phenoxy) is 1. The Labute approximate surface area is 673 Å². The normalized spacial score (nSPS) is 15.1. The van der Waals surface area contributed by atoms with Crippen molar-refractivity contribution in [3.63, 3.8) is 0 Å². The highest BCUT2D eigenvalue weighted by atomic mass is 19.1. The largest absolute Gasteiger partial charge is 0.494 e. The number of aryl methyl sites for hydroxylation is 4. The van der Waals surface area contributed by atoms with Gasteiger partial charge < -0.3 is 62.4 Å². The summed E-state index contributed by atoms with van der Waals surface area (Å²) in [4.78, 5) is 184. The highest BCUT2D eigenvalue weighted by molar-refractivity contribution is 6.00. The molecule has 33 heteroatoms. The number of nitrogens with zero attached hydrogens (tertiary/aromatic N) is 7. The number of aromatic amines is 1. The summed E-state index contributed by atoms with van der Waals surface area (Å²) in [5, 5.41) is 72.7. The van der Waals surface area contributed by atoms with Crippen LogP contribution in [0.1, 0.15) is 183 Å². The third-order valence-electron chi connectivity index (χ3n) is 20.6. The minimum atomic E-state index is -2.11. The van der Waals surface area contributed by atoms with Crippen molar-refractivity contribution in [3.8, 4) is 16.9 Å². The number of nitrogens with one attached hydrogen (secondary N) is 6. The number of benzene rings is 4. The van der Waals surface area contributed by atoms with Crippen molar-refractivity contribution in [2.75, 3.05) is 32.8 Å². The summed E-state index contributed by atoms with van der Waals surface area (Å²) in [5.74, 6) is -14.6. The zero-order chi connectivity index (χ0) is 85.4. The van der Waals surface area contributed by atoms with E-state index >= 15 is 4.39 Å². The van der Waals surface area contributed by atoms with Gasteiger partial charge in [-0.25, -0.2) is 4.39 Å². The second-order valence-electron chi connectivity index (χ2n) is 31.0. The zero-order valence-electron chi connectivity index (χ0n) is 67.3. The number of likely N-dealkylation sites (tertiary alicyclic amines) is 1. The summed E-state index contributed by atoms with van der Waals surface area (Å²) in [6.45, 7) is 13.0. The predicted octanol–water partition coefficient (Wildman–Crippen LogP) is 6.09. The number of azide groups is 1. The predicted molar refractivity (Wildman–Crippen MR) is 423 cm³/mol. The zero-order valence-corrected chi connectivity index (χ0v) is 67.3. The minimum Gasteiger partial charge on any atom is -0.494 e. The molecule has 0 bridgehead atoms. The first-order valence-electron chi connectivity index (χ1n) is 39.3. The van der Waals surface area contributed by atoms with Crippen molar-refractivity contribution in [2.45, 2.75) is 233 Å². The number of carbonyl (C=O) groups excluding carboxylic acids is 12. The molecular formula is C83H111FN14O18. The van der Waals surface area contributed by atoms with E-state index in [4.69, 9.17) is 16.0 Å².